The smallest absolute Gasteiger partial charge is 0.383 e. The van der Waals surface area contributed by atoms with E-state index in [1.807, 2.05) is 6.92 Å². The molecular weight excluding hydrogens is 359 g/mol. The fourth-order valence-electron chi connectivity index (χ4n) is 2.06. The number of thiophene rings is 1. The Morgan fingerprint density at radius 1 is 1.25 bits per heavy atom. The van der Waals surface area contributed by atoms with Crippen LogP contribution in [0.3, 0.4) is 0 Å². The minimum atomic E-state index is -4.38. The largest absolute Gasteiger partial charge is 0.425 e. The van der Waals surface area contributed by atoms with Gasteiger partial charge in [-0.3, -0.25) is 0 Å². The van der Waals surface area contributed by atoms with Crippen molar-refractivity contribution in [1.29, 1.82) is 0 Å². The molecule has 0 saturated carbocycles. The van der Waals surface area contributed by atoms with Crippen LogP contribution in [0.5, 0.6) is 0 Å². The van der Waals surface area contributed by atoms with Gasteiger partial charge in [-0.2, -0.15) is 23.0 Å². The Hall–Kier alpha value is -2.07. The molecule has 0 fully saturated rings. The maximum absolute atomic E-state index is 12.9. The van der Waals surface area contributed by atoms with Crippen molar-refractivity contribution in [2.45, 2.75) is 18.1 Å². The normalized spacial score (nSPS) is 11.8. The van der Waals surface area contributed by atoms with E-state index < -0.39 is 11.1 Å². The van der Waals surface area contributed by atoms with Crippen LogP contribution in [0.1, 0.15) is 11.8 Å². The molecule has 0 unspecified atom stereocenters. The van der Waals surface area contributed by atoms with Gasteiger partial charge in [0.15, 0.2) is 0 Å². The Morgan fingerprint density at radius 2 is 1.96 bits per heavy atom. The molecule has 0 atom stereocenters. The first-order valence-corrected chi connectivity index (χ1v) is 8.68. The van der Waals surface area contributed by atoms with Crippen molar-refractivity contribution in [2.75, 3.05) is 11.5 Å². The summed E-state index contributed by atoms with van der Waals surface area (Å²) in [5.74, 6) is 1.19. The SMILES string of the molecule is CCSc1nn(-c2ncccn2)c(N)c1-c1ccc(C(F)(F)F)s1. The Morgan fingerprint density at radius 3 is 2.54 bits per heavy atom. The highest BCUT2D eigenvalue weighted by molar-refractivity contribution is 7.99. The molecule has 3 aromatic rings. The molecule has 0 saturated heterocycles. The highest BCUT2D eigenvalue weighted by atomic mass is 32.2. The summed E-state index contributed by atoms with van der Waals surface area (Å²) in [7, 11) is 0. The van der Waals surface area contributed by atoms with E-state index in [0.29, 0.717) is 32.6 Å². The van der Waals surface area contributed by atoms with Gasteiger partial charge in [-0.15, -0.1) is 23.1 Å². The summed E-state index contributed by atoms with van der Waals surface area (Å²) in [5.41, 5.74) is 6.63. The van der Waals surface area contributed by atoms with Gasteiger partial charge in [0, 0.05) is 17.3 Å². The van der Waals surface area contributed by atoms with E-state index in [1.165, 1.54) is 22.5 Å². The average Bonchev–Trinajstić information content (AvgIpc) is 3.13. The van der Waals surface area contributed by atoms with Gasteiger partial charge in [-0.05, 0) is 24.0 Å². The summed E-state index contributed by atoms with van der Waals surface area (Å²) >= 11 is 2.04. The third kappa shape index (κ3) is 3.11. The molecule has 3 rings (SSSR count). The molecular formula is C14H12F3N5S2. The number of alkyl halides is 3. The Balaban J connectivity index is 2.13. The quantitative estimate of drug-likeness (QED) is 0.699. The fourth-order valence-corrected chi connectivity index (χ4v) is 3.82. The zero-order valence-electron chi connectivity index (χ0n) is 12.4. The highest BCUT2D eigenvalue weighted by Crippen LogP contribution is 2.43. The summed E-state index contributed by atoms with van der Waals surface area (Å²) in [6.07, 6.45) is -1.29. The Bertz CT molecular complexity index is 842. The molecule has 0 aromatic carbocycles. The fraction of sp³-hybridized carbons (Fsp3) is 0.214. The lowest BCUT2D eigenvalue weighted by molar-refractivity contribution is -0.134. The molecule has 0 bridgehead atoms. The van der Waals surface area contributed by atoms with E-state index >= 15 is 0 Å². The number of rotatable bonds is 4. The second-order valence-electron chi connectivity index (χ2n) is 4.62. The van der Waals surface area contributed by atoms with Crippen LogP contribution in [0, 0.1) is 0 Å². The summed E-state index contributed by atoms with van der Waals surface area (Å²) in [6, 6.07) is 4.12. The second-order valence-corrected chi connectivity index (χ2v) is 6.96. The molecule has 0 aliphatic heterocycles. The Labute approximate surface area is 143 Å². The zero-order valence-corrected chi connectivity index (χ0v) is 14.0. The van der Waals surface area contributed by atoms with E-state index in [0.717, 1.165) is 6.07 Å². The van der Waals surface area contributed by atoms with Crippen molar-refractivity contribution in [3.05, 3.63) is 35.5 Å². The standard InChI is InChI=1S/C14H12F3N5S2/c1-2-23-12-10(8-4-5-9(24-8)14(15,16)17)11(18)22(21-12)13-19-6-3-7-20-13/h3-7H,2,18H2,1H3. The first-order chi connectivity index (χ1) is 11.4. The van der Waals surface area contributed by atoms with Gasteiger partial charge in [-0.1, -0.05) is 6.92 Å². The van der Waals surface area contributed by atoms with Crippen LogP contribution in [0.2, 0.25) is 0 Å². The van der Waals surface area contributed by atoms with Crippen LogP contribution in [0.25, 0.3) is 16.4 Å². The predicted octanol–water partition coefficient (Wildman–Crippen LogP) is 4.10. The van der Waals surface area contributed by atoms with Crippen LogP contribution in [0.4, 0.5) is 19.0 Å². The molecule has 0 spiro atoms. The Kier molecular flexibility index (Phi) is 4.50. The van der Waals surface area contributed by atoms with Crippen molar-refractivity contribution in [3.8, 4) is 16.4 Å². The molecule has 0 aliphatic carbocycles. The lowest BCUT2D eigenvalue weighted by Gasteiger charge is -2.03. The molecule has 3 heterocycles. The molecule has 2 N–H and O–H groups in total. The van der Waals surface area contributed by atoms with Crippen molar-refractivity contribution in [2.24, 2.45) is 0 Å². The van der Waals surface area contributed by atoms with E-state index in [4.69, 9.17) is 5.73 Å². The molecule has 0 aliphatic rings. The summed E-state index contributed by atoms with van der Waals surface area (Å²) in [6.45, 7) is 1.93. The van der Waals surface area contributed by atoms with Crippen LogP contribution >= 0.6 is 23.1 Å². The van der Waals surface area contributed by atoms with Gasteiger partial charge >= 0.3 is 6.18 Å². The van der Waals surface area contributed by atoms with E-state index in [9.17, 15) is 13.2 Å². The predicted molar refractivity (Wildman–Crippen MR) is 88.3 cm³/mol. The van der Waals surface area contributed by atoms with Crippen LogP contribution in [-0.4, -0.2) is 25.5 Å². The minimum absolute atomic E-state index is 0.215. The summed E-state index contributed by atoms with van der Waals surface area (Å²) in [5, 5.41) is 4.93. The van der Waals surface area contributed by atoms with Crippen molar-refractivity contribution < 1.29 is 13.2 Å². The number of hydrogen-bond donors (Lipinski definition) is 1. The lowest BCUT2D eigenvalue weighted by atomic mass is 10.2. The first-order valence-electron chi connectivity index (χ1n) is 6.88. The number of aromatic nitrogens is 4. The monoisotopic (exact) mass is 371 g/mol. The third-order valence-electron chi connectivity index (χ3n) is 3.04. The molecule has 5 nitrogen and oxygen atoms in total. The van der Waals surface area contributed by atoms with Gasteiger partial charge in [0.25, 0.3) is 5.95 Å². The van der Waals surface area contributed by atoms with E-state index in [1.54, 1.807) is 18.5 Å². The lowest BCUT2D eigenvalue weighted by Crippen LogP contribution is -2.06. The zero-order chi connectivity index (χ0) is 17.3. The molecule has 24 heavy (non-hydrogen) atoms. The van der Waals surface area contributed by atoms with Crippen molar-refractivity contribution in [1.82, 2.24) is 19.7 Å². The van der Waals surface area contributed by atoms with Gasteiger partial charge in [0.05, 0.1) is 5.56 Å². The van der Waals surface area contributed by atoms with Crippen molar-refractivity contribution >= 4 is 28.9 Å². The molecule has 126 valence electrons. The highest BCUT2D eigenvalue weighted by Gasteiger charge is 2.33. The minimum Gasteiger partial charge on any atom is -0.383 e. The van der Waals surface area contributed by atoms with Crippen LogP contribution < -0.4 is 5.73 Å². The number of nitrogens with two attached hydrogens (primary N) is 1. The average molecular weight is 371 g/mol. The van der Waals surface area contributed by atoms with Crippen molar-refractivity contribution in [3.63, 3.8) is 0 Å². The van der Waals surface area contributed by atoms with Gasteiger partial charge < -0.3 is 5.73 Å². The van der Waals surface area contributed by atoms with Gasteiger partial charge in [0.1, 0.15) is 15.7 Å². The topological polar surface area (TPSA) is 69.6 Å². The number of anilines is 1. The number of nitrogens with zero attached hydrogens (tertiary/aromatic N) is 4. The number of thioether (sulfide) groups is 1. The molecule has 0 amide bonds. The maximum atomic E-state index is 12.9. The second kappa shape index (κ2) is 6.44. The third-order valence-corrected chi connectivity index (χ3v) is 5.04. The van der Waals surface area contributed by atoms with Gasteiger partial charge in [-0.25, -0.2) is 9.97 Å². The van der Waals surface area contributed by atoms with E-state index in [2.05, 4.69) is 15.1 Å². The molecule has 3 aromatic heterocycles. The maximum Gasteiger partial charge on any atom is 0.425 e. The number of nitrogen functional groups attached to an aromatic ring is 1. The molecule has 0 radical (unpaired) electrons. The van der Waals surface area contributed by atoms with Crippen LogP contribution in [-0.2, 0) is 6.18 Å². The first kappa shape index (κ1) is 16.8. The number of hydrogen-bond acceptors (Lipinski definition) is 6. The summed E-state index contributed by atoms with van der Waals surface area (Å²) < 4.78 is 40.0. The van der Waals surface area contributed by atoms with Crippen LogP contribution in [0.15, 0.2) is 35.6 Å². The summed E-state index contributed by atoms with van der Waals surface area (Å²) in [4.78, 5) is 7.91. The molecule has 10 heteroatoms. The van der Waals surface area contributed by atoms with E-state index in [-0.39, 0.29) is 11.8 Å². The number of halogens is 3. The van der Waals surface area contributed by atoms with Gasteiger partial charge in [0.2, 0.25) is 0 Å².